The van der Waals surface area contributed by atoms with Gasteiger partial charge in [-0.05, 0) is 50.2 Å². The Kier molecular flexibility index (Phi) is 5.73. The van der Waals surface area contributed by atoms with Crippen LogP contribution >= 0.6 is 0 Å². The molecule has 2 atom stereocenters. The smallest absolute Gasteiger partial charge is 0.308 e. The van der Waals surface area contributed by atoms with E-state index in [1.165, 1.54) is 36.1 Å². The first-order valence-electron chi connectivity index (χ1n) is 8.93. The Morgan fingerprint density at radius 3 is 2.57 bits per heavy atom. The number of esters is 1. The van der Waals surface area contributed by atoms with Crippen molar-refractivity contribution in [3.8, 4) is 5.75 Å². The van der Waals surface area contributed by atoms with Crippen molar-refractivity contribution in [2.75, 3.05) is 11.4 Å². The van der Waals surface area contributed by atoms with E-state index in [1.807, 2.05) is 0 Å². The van der Waals surface area contributed by atoms with E-state index < -0.39 is 29.8 Å². The largest absolute Gasteiger partial charge is 0.479 e. The highest BCUT2D eigenvalue weighted by Gasteiger charge is 2.31. The molecule has 1 heterocycles. The maximum Gasteiger partial charge on any atom is 0.308 e. The minimum Gasteiger partial charge on any atom is -0.479 e. The second kappa shape index (κ2) is 8.21. The molecule has 28 heavy (non-hydrogen) atoms. The Morgan fingerprint density at radius 2 is 1.86 bits per heavy atom. The molecular formula is C21H20FNO5. The number of hydrogen-bond acceptors (Lipinski definition) is 5. The number of carbonyl (C=O) groups is 3. The van der Waals surface area contributed by atoms with Gasteiger partial charge in [0.25, 0.3) is 5.91 Å². The predicted octanol–water partition coefficient (Wildman–Crippen LogP) is 3.14. The number of ether oxygens (including phenoxy) is 2. The first-order chi connectivity index (χ1) is 13.4. The van der Waals surface area contributed by atoms with Gasteiger partial charge >= 0.3 is 5.97 Å². The standard InChI is InChI=1S/C21H20FNO5/c1-13(20(25)15-7-9-16(22)10-8-15)28-19(24)11-12-23-17-5-3-4-6-18(17)27-14(2)21(23)26/h3-10,13-14H,11-12H2,1-2H3/t13-,14-/m0/s1. The molecule has 1 aliphatic rings. The molecule has 146 valence electrons. The molecule has 0 radical (unpaired) electrons. The molecule has 2 aromatic carbocycles. The minimum atomic E-state index is -1.01. The van der Waals surface area contributed by atoms with Gasteiger partial charge in [0.05, 0.1) is 12.1 Å². The summed E-state index contributed by atoms with van der Waals surface area (Å²) in [6, 6.07) is 12.1. The van der Waals surface area contributed by atoms with Gasteiger partial charge in [0, 0.05) is 12.1 Å². The average molecular weight is 385 g/mol. The molecule has 2 aromatic rings. The number of hydrogen-bond donors (Lipinski definition) is 0. The lowest BCUT2D eigenvalue weighted by molar-refractivity contribution is -0.146. The predicted molar refractivity (Wildman–Crippen MR) is 99.8 cm³/mol. The molecule has 1 aliphatic heterocycles. The SMILES string of the molecule is C[C@H](OC(=O)CCN1C(=O)[C@H](C)Oc2ccccc21)C(=O)c1ccc(F)cc1. The van der Waals surface area contributed by atoms with Crippen molar-refractivity contribution >= 4 is 23.3 Å². The molecule has 6 nitrogen and oxygen atoms in total. The highest BCUT2D eigenvalue weighted by atomic mass is 19.1. The van der Waals surface area contributed by atoms with Crippen LogP contribution in [-0.4, -0.2) is 36.4 Å². The number of Topliss-reactive ketones (excluding diaryl/α,β-unsaturated/α-hetero) is 1. The lowest BCUT2D eigenvalue weighted by Crippen LogP contribution is -2.45. The maximum absolute atomic E-state index is 13.0. The fourth-order valence-electron chi connectivity index (χ4n) is 2.95. The summed E-state index contributed by atoms with van der Waals surface area (Å²) in [7, 11) is 0. The molecule has 7 heteroatoms. The summed E-state index contributed by atoms with van der Waals surface area (Å²) in [5, 5.41) is 0. The van der Waals surface area contributed by atoms with Gasteiger partial charge in [0.1, 0.15) is 11.6 Å². The second-order valence-corrected chi connectivity index (χ2v) is 6.47. The van der Waals surface area contributed by atoms with E-state index in [0.717, 1.165) is 0 Å². The van der Waals surface area contributed by atoms with Gasteiger partial charge in [-0.25, -0.2) is 4.39 Å². The van der Waals surface area contributed by atoms with E-state index in [4.69, 9.17) is 9.47 Å². The topological polar surface area (TPSA) is 72.9 Å². The van der Waals surface area contributed by atoms with Gasteiger partial charge < -0.3 is 14.4 Å². The molecule has 0 aliphatic carbocycles. The maximum atomic E-state index is 13.0. The Balaban J connectivity index is 1.60. The van der Waals surface area contributed by atoms with Crippen molar-refractivity contribution in [3.05, 3.63) is 59.9 Å². The number of fused-ring (bicyclic) bond motifs is 1. The van der Waals surface area contributed by atoms with Crippen LogP contribution in [0.4, 0.5) is 10.1 Å². The van der Waals surface area contributed by atoms with E-state index in [9.17, 15) is 18.8 Å². The van der Waals surface area contributed by atoms with E-state index in [0.29, 0.717) is 11.4 Å². The molecule has 0 spiro atoms. The number of halogens is 1. The summed E-state index contributed by atoms with van der Waals surface area (Å²) in [6.07, 6.45) is -1.73. The first kappa shape index (κ1) is 19.5. The van der Waals surface area contributed by atoms with Crippen molar-refractivity contribution in [2.24, 2.45) is 0 Å². The van der Waals surface area contributed by atoms with Crippen LogP contribution < -0.4 is 9.64 Å². The van der Waals surface area contributed by atoms with Gasteiger partial charge in [0.15, 0.2) is 12.2 Å². The van der Waals surface area contributed by atoms with Crippen LogP contribution in [0.3, 0.4) is 0 Å². The number of anilines is 1. The summed E-state index contributed by atoms with van der Waals surface area (Å²) < 4.78 is 23.7. The summed E-state index contributed by atoms with van der Waals surface area (Å²) >= 11 is 0. The van der Waals surface area contributed by atoms with Crippen LogP contribution in [0, 0.1) is 5.82 Å². The zero-order valence-electron chi connectivity index (χ0n) is 15.6. The van der Waals surface area contributed by atoms with Crippen molar-refractivity contribution < 1.29 is 28.2 Å². The number of ketones is 1. The monoisotopic (exact) mass is 385 g/mol. The highest BCUT2D eigenvalue weighted by Crippen LogP contribution is 2.33. The first-order valence-corrected chi connectivity index (χ1v) is 8.93. The Hall–Kier alpha value is -3.22. The minimum absolute atomic E-state index is 0.0756. The van der Waals surface area contributed by atoms with Gasteiger partial charge in [-0.1, -0.05) is 12.1 Å². The van der Waals surface area contributed by atoms with Gasteiger partial charge in [-0.15, -0.1) is 0 Å². The lowest BCUT2D eigenvalue weighted by atomic mass is 10.1. The third-order valence-corrected chi connectivity index (χ3v) is 4.42. The Bertz CT molecular complexity index is 896. The van der Waals surface area contributed by atoms with Crippen LogP contribution in [0.1, 0.15) is 30.6 Å². The van der Waals surface area contributed by atoms with Crippen LogP contribution in [-0.2, 0) is 14.3 Å². The van der Waals surface area contributed by atoms with E-state index in [2.05, 4.69) is 0 Å². The van der Waals surface area contributed by atoms with Crippen LogP contribution in [0.15, 0.2) is 48.5 Å². The van der Waals surface area contributed by atoms with Crippen molar-refractivity contribution in [2.45, 2.75) is 32.5 Å². The molecule has 0 unspecified atom stereocenters. The number of amides is 1. The van der Waals surface area contributed by atoms with Crippen LogP contribution in [0.25, 0.3) is 0 Å². The number of carbonyl (C=O) groups excluding carboxylic acids is 3. The number of para-hydroxylation sites is 2. The normalized spacial score (nSPS) is 16.8. The molecule has 0 aromatic heterocycles. The molecule has 0 saturated carbocycles. The molecular weight excluding hydrogens is 365 g/mol. The van der Waals surface area contributed by atoms with Crippen LogP contribution in [0.5, 0.6) is 5.75 Å². The van der Waals surface area contributed by atoms with Crippen molar-refractivity contribution in [3.63, 3.8) is 0 Å². The fraction of sp³-hybridized carbons (Fsp3) is 0.286. The zero-order chi connectivity index (χ0) is 20.3. The molecule has 3 rings (SSSR count). The third-order valence-electron chi connectivity index (χ3n) is 4.42. The van der Waals surface area contributed by atoms with E-state index >= 15 is 0 Å². The van der Waals surface area contributed by atoms with E-state index in [1.54, 1.807) is 31.2 Å². The van der Waals surface area contributed by atoms with Crippen LogP contribution in [0.2, 0.25) is 0 Å². The van der Waals surface area contributed by atoms with Gasteiger partial charge in [0.2, 0.25) is 5.78 Å². The van der Waals surface area contributed by atoms with Crippen molar-refractivity contribution in [1.82, 2.24) is 0 Å². The molecule has 0 bridgehead atoms. The lowest BCUT2D eigenvalue weighted by Gasteiger charge is -2.32. The third kappa shape index (κ3) is 4.19. The number of rotatable bonds is 6. The van der Waals surface area contributed by atoms with E-state index in [-0.39, 0.29) is 24.4 Å². The zero-order valence-corrected chi connectivity index (χ0v) is 15.6. The molecule has 0 saturated heterocycles. The number of nitrogens with zero attached hydrogens (tertiary/aromatic N) is 1. The number of benzene rings is 2. The molecule has 0 N–H and O–H groups in total. The Morgan fingerprint density at radius 1 is 1.18 bits per heavy atom. The summed E-state index contributed by atoms with van der Waals surface area (Å²) in [5.74, 6) is -1.15. The molecule has 1 amide bonds. The second-order valence-electron chi connectivity index (χ2n) is 6.47. The summed E-state index contributed by atoms with van der Waals surface area (Å²) in [5.41, 5.74) is 0.849. The van der Waals surface area contributed by atoms with Gasteiger partial charge in [-0.2, -0.15) is 0 Å². The quantitative estimate of drug-likeness (QED) is 0.564. The Labute approximate surface area is 161 Å². The molecule has 0 fully saturated rings. The average Bonchev–Trinajstić information content (AvgIpc) is 2.68. The highest BCUT2D eigenvalue weighted by molar-refractivity contribution is 6.01. The summed E-state index contributed by atoms with van der Waals surface area (Å²) in [6.45, 7) is 3.22. The summed E-state index contributed by atoms with van der Waals surface area (Å²) in [4.78, 5) is 38.3. The fourth-order valence-corrected chi connectivity index (χ4v) is 2.95. The van der Waals surface area contributed by atoms with Crippen molar-refractivity contribution in [1.29, 1.82) is 0 Å². The van der Waals surface area contributed by atoms with Gasteiger partial charge in [-0.3, -0.25) is 14.4 Å².